The maximum atomic E-state index is 9.54. The van der Waals surface area contributed by atoms with Gasteiger partial charge in [0.2, 0.25) is 0 Å². The SMILES string of the molecule is COc1c(C)cnc(CC(C)(C)CC(C)O)c1C. The molecule has 0 radical (unpaired) electrons. The predicted octanol–water partition coefficient (Wildman–Crippen LogP) is 3.05. The van der Waals surface area contributed by atoms with Crippen LogP contribution in [0, 0.1) is 19.3 Å². The van der Waals surface area contributed by atoms with Gasteiger partial charge in [0.1, 0.15) is 5.75 Å². The van der Waals surface area contributed by atoms with Gasteiger partial charge in [0.05, 0.1) is 13.2 Å². The maximum Gasteiger partial charge on any atom is 0.128 e. The zero-order valence-electron chi connectivity index (χ0n) is 12.4. The van der Waals surface area contributed by atoms with Crippen LogP contribution in [0.4, 0.5) is 0 Å². The van der Waals surface area contributed by atoms with E-state index >= 15 is 0 Å². The van der Waals surface area contributed by atoms with Crippen LogP contribution in [0.2, 0.25) is 0 Å². The van der Waals surface area contributed by atoms with E-state index in [4.69, 9.17) is 4.74 Å². The highest BCUT2D eigenvalue weighted by Gasteiger charge is 2.23. The molecular weight excluding hydrogens is 226 g/mol. The van der Waals surface area contributed by atoms with Gasteiger partial charge in [-0.1, -0.05) is 13.8 Å². The lowest BCUT2D eigenvalue weighted by atomic mass is 9.81. The first-order valence-electron chi connectivity index (χ1n) is 6.44. The minimum Gasteiger partial charge on any atom is -0.496 e. The molecule has 1 atom stereocenters. The Morgan fingerprint density at radius 2 is 2.00 bits per heavy atom. The van der Waals surface area contributed by atoms with Gasteiger partial charge < -0.3 is 9.84 Å². The summed E-state index contributed by atoms with van der Waals surface area (Å²) in [6.45, 7) is 10.2. The molecule has 0 aromatic carbocycles. The average Bonchev–Trinajstić information content (AvgIpc) is 2.21. The molecule has 0 saturated heterocycles. The Morgan fingerprint density at radius 1 is 1.39 bits per heavy atom. The van der Waals surface area contributed by atoms with Crippen LogP contribution in [-0.4, -0.2) is 23.3 Å². The normalized spacial score (nSPS) is 13.5. The number of hydrogen-bond acceptors (Lipinski definition) is 3. The second kappa shape index (κ2) is 5.70. The van der Waals surface area contributed by atoms with Crippen molar-refractivity contribution in [1.29, 1.82) is 0 Å². The van der Waals surface area contributed by atoms with Gasteiger partial charge in [-0.3, -0.25) is 4.98 Å². The Labute approximate surface area is 110 Å². The smallest absolute Gasteiger partial charge is 0.128 e. The van der Waals surface area contributed by atoms with Gasteiger partial charge in [-0.15, -0.1) is 0 Å². The van der Waals surface area contributed by atoms with Crippen LogP contribution in [0.15, 0.2) is 6.20 Å². The van der Waals surface area contributed by atoms with Crippen molar-refractivity contribution in [3.8, 4) is 5.75 Å². The molecule has 0 saturated carbocycles. The molecule has 1 unspecified atom stereocenters. The third kappa shape index (κ3) is 3.70. The molecule has 0 spiro atoms. The first-order chi connectivity index (χ1) is 8.26. The van der Waals surface area contributed by atoms with Gasteiger partial charge in [0.15, 0.2) is 0 Å². The topological polar surface area (TPSA) is 42.4 Å². The molecule has 1 aromatic rings. The first kappa shape index (κ1) is 15.0. The molecule has 1 rings (SSSR count). The van der Waals surface area contributed by atoms with Crippen molar-refractivity contribution in [2.24, 2.45) is 5.41 Å². The average molecular weight is 251 g/mol. The summed E-state index contributed by atoms with van der Waals surface area (Å²) in [6, 6.07) is 0. The fraction of sp³-hybridized carbons (Fsp3) is 0.667. The number of aliphatic hydroxyl groups excluding tert-OH is 1. The molecule has 102 valence electrons. The molecule has 0 fully saturated rings. The molecule has 0 amide bonds. The summed E-state index contributed by atoms with van der Waals surface area (Å²) in [7, 11) is 1.69. The summed E-state index contributed by atoms with van der Waals surface area (Å²) in [4.78, 5) is 4.52. The molecule has 3 nitrogen and oxygen atoms in total. The minimum absolute atomic E-state index is 0.0339. The molecule has 1 N–H and O–H groups in total. The van der Waals surface area contributed by atoms with E-state index in [1.165, 1.54) is 0 Å². The number of nitrogens with zero attached hydrogens (tertiary/aromatic N) is 1. The Bertz CT molecular complexity index is 411. The Balaban J connectivity index is 2.98. The molecule has 0 bridgehead atoms. The minimum atomic E-state index is -0.285. The van der Waals surface area contributed by atoms with E-state index in [1.54, 1.807) is 7.11 Å². The van der Waals surface area contributed by atoms with E-state index in [1.807, 2.05) is 27.0 Å². The zero-order chi connectivity index (χ0) is 13.9. The van der Waals surface area contributed by atoms with Crippen molar-refractivity contribution >= 4 is 0 Å². The highest BCUT2D eigenvalue weighted by molar-refractivity contribution is 5.41. The maximum absolute atomic E-state index is 9.54. The Morgan fingerprint density at radius 3 is 2.50 bits per heavy atom. The number of hydrogen-bond donors (Lipinski definition) is 1. The zero-order valence-corrected chi connectivity index (χ0v) is 12.4. The number of rotatable bonds is 5. The van der Waals surface area contributed by atoms with Gasteiger partial charge in [0, 0.05) is 23.0 Å². The predicted molar refractivity (Wildman–Crippen MR) is 74.0 cm³/mol. The fourth-order valence-electron chi connectivity index (χ4n) is 2.57. The second-order valence-electron chi connectivity index (χ2n) is 5.94. The van der Waals surface area contributed by atoms with E-state index in [9.17, 15) is 5.11 Å². The van der Waals surface area contributed by atoms with Gasteiger partial charge in [-0.25, -0.2) is 0 Å². The molecule has 0 aliphatic carbocycles. The number of methoxy groups -OCH3 is 1. The molecule has 3 heteroatoms. The van der Waals surface area contributed by atoms with E-state index in [0.717, 1.165) is 35.4 Å². The first-order valence-corrected chi connectivity index (χ1v) is 6.44. The summed E-state index contributed by atoms with van der Waals surface area (Å²) < 4.78 is 5.42. The molecule has 0 aliphatic rings. The van der Waals surface area contributed by atoms with Crippen LogP contribution < -0.4 is 4.74 Å². The van der Waals surface area contributed by atoms with Crippen molar-refractivity contribution < 1.29 is 9.84 Å². The monoisotopic (exact) mass is 251 g/mol. The summed E-state index contributed by atoms with van der Waals surface area (Å²) in [5.41, 5.74) is 3.26. The number of pyridine rings is 1. The number of aryl methyl sites for hydroxylation is 1. The lowest BCUT2D eigenvalue weighted by Crippen LogP contribution is -2.22. The van der Waals surface area contributed by atoms with Gasteiger partial charge >= 0.3 is 0 Å². The van der Waals surface area contributed by atoms with E-state index < -0.39 is 0 Å². The van der Waals surface area contributed by atoms with Crippen LogP contribution in [0.3, 0.4) is 0 Å². The Kier molecular flexibility index (Phi) is 4.74. The van der Waals surface area contributed by atoms with Crippen LogP contribution in [0.25, 0.3) is 0 Å². The summed E-state index contributed by atoms with van der Waals surface area (Å²) in [6.07, 6.45) is 3.19. The molecule has 18 heavy (non-hydrogen) atoms. The third-order valence-corrected chi connectivity index (χ3v) is 3.24. The van der Waals surface area contributed by atoms with Gasteiger partial charge in [0.25, 0.3) is 0 Å². The van der Waals surface area contributed by atoms with Crippen molar-refractivity contribution in [2.45, 2.75) is 53.6 Å². The molecule has 1 aromatic heterocycles. The van der Waals surface area contributed by atoms with Crippen molar-refractivity contribution in [3.05, 3.63) is 23.0 Å². The molecule has 1 heterocycles. The van der Waals surface area contributed by atoms with E-state index in [2.05, 4.69) is 18.8 Å². The molecular formula is C15H25NO2. The highest BCUT2D eigenvalue weighted by Crippen LogP contribution is 2.31. The van der Waals surface area contributed by atoms with Gasteiger partial charge in [-0.05, 0) is 39.0 Å². The standard InChI is InChI=1S/C15H25NO2/c1-10-9-16-13(12(3)14(10)18-6)8-15(4,5)7-11(2)17/h9,11,17H,7-8H2,1-6H3. The van der Waals surface area contributed by atoms with Crippen molar-refractivity contribution in [2.75, 3.05) is 7.11 Å². The van der Waals surface area contributed by atoms with Gasteiger partial charge in [-0.2, -0.15) is 0 Å². The lowest BCUT2D eigenvalue weighted by Gasteiger charge is -2.27. The fourth-order valence-corrected chi connectivity index (χ4v) is 2.57. The summed E-state index contributed by atoms with van der Waals surface area (Å²) in [5, 5.41) is 9.54. The number of aliphatic hydroxyl groups is 1. The van der Waals surface area contributed by atoms with E-state index in [0.29, 0.717) is 0 Å². The van der Waals surface area contributed by atoms with Crippen LogP contribution in [0.5, 0.6) is 5.75 Å². The summed E-state index contributed by atoms with van der Waals surface area (Å²) in [5.74, 6) is 0.924. The summed E-state index contributed by atoms with van der Waals surface area (Å²) >= 11 is 0. The number of ether oxygens (including phenoxy) is 1. The lowest BCUT2D eigenvalue weighted by molar-refractivity contribution is 0.129. The quantitative estimate of drug-likeness (QED) is 0.874. The second-order valence-corrected chi connectivity index (χ2v) is 5.94. The van der Waals surface area contributed by atoms with E-state index in [-0.39, 0.29) is 11.5 Å². The highest BCUT2D eigenvalue weighted by atomic mass is 16.5. The third-order valence-electron chi connectivity index (χ3n) is 3.24. The Hall–Kier alpha value is -1.09. The number of aromatic nitrogens is 1. The van der Waals surface area contributed by atoms with Crippen LogP contribution >= 0.6 is 0 Å². The molecule has 0 aliphatic heterocycles. The van der Waals surface area contributed by atoms with Crippen LogP contribution in [0.1, 0.15) is 44.0 Å². The van der Waals surface area contributed by atoms with Crippen LogP contribution in [-0.2, 0) is 6.42 Å². The van der Waals surface area contributed by atoms with Crippen molar-refractivity contribution in [3.63, 3.8) is 0 Å². The van der Waals surface area contributed by atoms with Crippen molar-refractivity contribution in [1.82, 2.24) is 4.98 Å². The largest absolute Gasteiger partial charge is 0.496 e.